The monoisotopic (exact) mass is 253 g/mol. The van der Waals surface area contributed by atoms with Gasteiger partial charge in [0.15, 0.2) is 11.0 Å². The van der Waals surface area contributed by atoms with E-state index in [9.17, 15) is 4.79 Å². The lowest BCUT2D eigenvalue weighted by Gasteiger charge is -2.04. The van der Waals surface area contributed by atoms with Gasteiger partial charge in [-0.15, -0.1) is 10.2 Å². The normalized spacial score (nSPS) is 21.0. The lowest BCUT2D eigenvalue weighted by Crippen LogP contribution is -2.18. The van der Waals surface area contributed by atoms with E-state index in [2.05, 4.69) is 43.2 Å². The fraction of sp³-hybridized carbons (Fsp3) is 0.583. The molecule has 1 heterocycles. The lowest BCUT2D eigenvalue weighted by atomic mass is 10.0. The summed E-state index contributed by atoms with van der Waals surface area (Å²) in [6, 6.07) is 3.25. The lowest BCUT2D eigenvalue weighted by molar-refractivity contribution is -0.118. The highest BCUT2D eigenvalue weighted by Crippen LogP contribution is 2.68. The van der Waals surface area contributed by atoms with Gasteiger partial charge in [-0.05, 0) is 23.0 Å². The summed E-state index contributed by atoms with van der Waals surface area (Å²) in [5.74, 6) is 0.446. The van der Waals surface area contributed by atoms with Crippen molar-refractivity contribution in [1.82, 2.24) is 10.2 Å². The van der Waals surface area contributed by atoms with Crippen LogP contribution in [0.4, 0.5) is 5.82 Å². The largest absolute Gasteiger partial charge is 0.309 e. The van der Waals surface area contributed by atoms with Gasteiger partial charge < -0.3 is 5.32 Å². The van der Waals surface area contributed by atoms with Crippen LogP contribution in [0.5, 0.6) is 0 Å². The smallest absolute Gasteiger partial charge is 0.229 e. The van der Waals surface area contributed by atoms with E-state index in [1.165, 1.54) is 0 Å². The van der Waals surface area contributed by atoms with Crippen LogP contribution in [-0.2, 0) is 4.79 Å². The number of hydrogen-bond acceptors (Lipinski definition) is 3. The maximum Gasteiger partial charge on any atom is 0.229 e. The molecule has 2 rings (SSSR count). The Labute approximate surface area is 106 Å². The molecule has 1 aromatic heterocycles. The zero-order chi connectivity index (χ0) is 12.8. The Morgan fingerprint density at radius 3 is 2.24 bits per heavy atom. The highest BCUT2D eigenvalue weighted by Gasteiger charge is 2.68. The van der Waals surface area contributed by atoms with Crippen LogP contribution < -0.4 is 5.32 Å². The molecule has 0 aromatic carbocycles. The Hall–Kier alpha value is -1.16. The molecule has 1 amide bonds. The molecule has 1 fully saturated rings. The summed E-state index contributed by atoms with van der Waals surface area (Å²) in [5, 5.41) is 10.6. The van der Waals surface area contributed by atoms with E-state index >= 15 is 0 Å². The highest BCUT2D eigenvalue weighted by atomic mass is 35.5. The fourth-order valence-corrected chi connectivity index (χ4v) is 2.53. The average Bonchev–Trinajstić information content (AvgIpc) is 2.61. The summed E-state index contributed by atoms with van der Waals surface area (Å²) in [4.78, 5) is 12.1. The zero-order valence-corrected chi connectivity index (χ0v) is 11.2. The van der Waals surface area contributed by atoms with Crippen LogP contribution >= 0.6 is 11.6 Å². The number of anilines is 1. The average molecular weight is 254 g/mol. The van der Waals surface area contributed by atoms with E-state index < -0.39 is 0 Å². The van der Waals surface area contributed by atoms with E-state index in [0.717, 1.165) is 0 Å². The second-order valence-corrected chi connectivity index (χ2v) is 5.99. The number of halogens is 1. The number of rotatable bonds is 2. The van der Waals surface area contributed by atoms with Crippen LogP contribution in [-0.4, -0.2) is 16.1 Å². The summed E-state index contributed by atoms with van der Waals surface area (Å²) < 4.78 is 0. The first-order valence-electron chi connectivity index (χ1n) is 5.57. The van der Waals surface area contributed by atoms with Gasteiger partial charge in [0.2, 0.25) is 5.91 Å². The molecule has 0 bridgehead atoms. The van der Waals surface area contributed by atoms with E-state index in [1.54, 1.807) is 12.1 Å². The number of nitrogens with one attached hydrogen (secondary N) is 1. The third-order valence-corrected chi connectivity index (χ3v) is 4.37. The van der Waals surface area contributed by atoms with Gasteiger partial charge in [-0.25, -0.2) is 0 Å². The first-order valence-corrected chi connectivity index (χ1v) is 5.94. The Balaban J connectivity index is 2.07. The molecular formula is C12H16ClN3O. The summed E-state index contributed by atoms with van der Waals surface area (Å²) in [5.41, 5.74) is 0.0495. The van der Waals surface area contributed by atoms with Gasteiger partial charge >= 0.3 is 0 Å². The quantitative estimate of drug-likeness (QED) is 0.882. The van der Waals surface area contributed by atoms with Gasteiger partial charge in [-0.3, -0.25) is 4.79 Å². The molecule has 1 saturated carbocycles. The third-order valence-electron chi connectivity index (χ3n) is 4.17. The summed E-state index contributed by atoms with van der Waals surface area (Å²) in [6.45, 7) is 8.41. The molecule has 1 aliphatic carbocycles. The Kier molecular flexibility index (Phi) is 2.65. The molecule has 0 saturated heterocycles. The fourth-order valence-electron chi connectivity index (χ4n) is 2.43. The van der Waals surface area contributed by atoms with Crippen molar-refractivity contribution in [3.63, 3.8) is 0 Å². The van der Waals surface area contributed by atoms with Gasteiger partial charge in [0.25, 0.3) is 0 Å². The van der Waals surface area contributed by atoms with Gasteiger partial charge in [-0.1, -0.05) is 39.3 Å². The number of carbonyl (C=O) groups excluding carboxylic acids is 1. The number of hydrogen-bond donors (Lipinski definition) is 1. The van der Waals surface area contributed by atoms with Crippen LogP contribution in [0.1, 0.15) is 27.7 Å². The molecule has 4 nitrogen and oxygen atoms in total. The van der Waals surface area contributed by atoms with Crippen molar-refractivity contribution in [2.24, 2.45) is 16.7 Å². The standard InChI is InChI=1S/C12H16ClN3O/c1-11(2)9(12(11,3)4)10(17)14-8-6-5-7(13)15-16-8/h5-6,9H,1-4H3,(H,14,16,17). The molecule has 0 spiro atoms. The van der Waals surface area contributed by atoms with Crippen molar-refractivity contribution >= 4 is 23.3 Å². The van der Waals surface area contributed by atoms with Crippen molar-refractivity contribution in [2.45, 2.75) is 27.7 Å². The number of carbonyl (C=O) groups is 1. The molecule has 92 valence electrons. The minimum atomic E-state index is -0.00313. The van der Waals surface area contributed by atoms with Crippen LogP contribution in [0.25, 0.3) is 0 Å². The minimum Gasteiger partial charge on any atom is -0.309 e. The number of amides is 1. The maximum absolute atomic E-state index is 12.1. The van der Waals surface area contributed by atoms with Crippen LogP contribution in [0.3, 0.4) is 0 Å². The maximum atomic E-state index is 12.1. The van der Waals surface area contributed by atoms with Gasteiger partial charge in [0.1, 0.15) is 0 Å². The highest BCUT2D eigenvalue weighted by molar-refractivity contribution is 6.29. The Morgan fingerprint density at radius 1 is 1.24 bits per heavy atom. The second-order valence-electron chi connectivity index (χ2n) is 5.61. The Morgan fingerprint density at radius 2 is 1.82 bits per heavy atom. The van der Waals surface area contributed by atoms with Gasteiger partial charge in [0, 0.05) is 5.92 Å². The second kappa shape index (κ2) is 3.67. The summed E-state index contributed by atoms with van der Waals surface area (Å²) >= 11 is 5.63. The van der Waals surface area contributed by atoms with E-state index in [1.807, 2.05) is 0 Å². The number of nitrogens with zero attached hydrogens (tertiary/aromatic N) is 2. The molecular weight excluding hydrogens is 238 g/mol. The van der Waals surface area contributed by atoms with Crippen molar-refractivity contribution in [2.75, 3.05) is 5.32 Å². The van der Waals surface area contributed by atoms with Gasteiger partial charge in [-0.2, -0.15) is 0 Å². The SMILES string of the molecule is CC1(C)C(C(=O)Nc2ccc(Cl)nn2)C1(C)C. The molecule has 0 atom stereocenters. The van der Waals surface area contributed by atoms with Crippen molar-refractivity contribution in [3.05, 3.63) is 17.3 Å². The summed E-state index contributed by atoms with van der Waals surface area (Å²) in [7, 11) is 0. The molecule has 0 aliphatic heterocycles. The Bertz CT molecular complexity index is 439. The van der Waals surface area contributed by atoms with E-state index in [4.69, 9.17) is 11.6 Å². The van der Waals surface area contributed by atoms with Gasteiger partial charge in [0.05, 0.1) is 0 Å². The van der Waals surface area contributed by atoms with Crippen molar-refractivity contribution < 1.29 is 4.79 Å². The topological polar surface area (TPSA) is 54.9 Å². The molecule has 17 heavy (non-hydrogen) atoms. The molecule has 1 aliphatic rings. The predicted octanol–water partition coefficient (Wildman–Crippen LogP) is 2.75. The first kappa shape index (κ1) is 12.3. The van der Waals surface area contributed by atoms with Crippen molar-refractivity contribution in [3.8, 4) is 0 Å². The third kappa shape index (κ3) is 1.90. The van der Waals surface area contributed by atoms with E-state index in [-0.39, 0.29) is 22.7 Å². The van der Waals surface area contributed by atoms with Crippen LogP contribution in [0, 0.1) is 16.7 Å². The predicted molar refractivity (Wildman–Crippen MR) is 66.7 cm³/mol. The van der Waals surface area contributed by atoms with Crippen LogP contribution in [0.15, 0.2) is 12.1 Å². The molecule has 0 unspecified atom stereocenters. The van der Waals surface area contributed by atoms with Crippen molar-refractivity contribution in [1.29, 1.82) is 0 Å². The zero-order valence-electron chi connectivity index (χ0n) is 10.4. The minimum absolute atomic E-state index is 0.00313. The van der Waals surface area contributed by atoms with E-state index in [0.29, 0.717) is 11.0 Å². The molecule has 0 radical (unpaired) electrons. The molecule has 5 heteroatoms. The first-order chi connectivity index (χ1) is 7.76. The summed E-state index contributed by atoms with van der Waals surface area (Å²) in [6.07, 6.45) is 0. The van der Waals surface area contributed by atoms with Crippen LogP contribution in [0.2, 0.25) is 5.15 Å². The molecule has 1 aromatic rings. The number of aromatic nitrogens is 2. The molecule has 1 N–H and O–H groups in total.